The van der Waals surface area contributed by atoms with Crippen molar-refractivity contribution in [2.75, 3.05) is 0 Å². The van der Waals surface area contributed by atoms with Gasteiger partial charge in [0.05, 0.1) is 11.9 Å². The maximum absolute atomic E-state index is 10.4. The summed E-state index contributed by atoms with van der Waals surface area (Å²) in [5, 5.41) is 10.4. The topological polar surface area (TPSA) is 29.5 Å². The first kappa shape index (κ1) is 15.8. The molecule has 1 aliphatic carbocycles. The van der Waals surface area contributed by atoms with E-state index >= 15 is 0 Å². The predicted molar refractivity (Wildman–Crippen MR) is 80.0 cm³/mol. The van der Waals surface area contributed by atoms with Gasteiger partial charge in [0.25, 0.3) is 0 Å². The van der Waals surface area contributed by atoms with Gasteiger partial charge in [-0.05, 0) is 51.4 Å². The van der Waals surface area contributed by atoms with Gasteiger partial charge in [-0.2, -0.15) is 0 Å². The zero-order valence-electron chi connectivity index (χ0n) is 12.5. The average Bonchev–Trinajstić information content (AvgIpc) is 2.27. The maximum Gasteiger partial charge on any atom is 0.241 e. The quantitative estimate of drug-likeness (QED) is 0.546. The Kier molecular flexibility index (Phi) is 6.43. The molecule has 0 aliphatic heterocycles. The Labute approximate surface area is 114 Å². The van der Waals surface area contributed by atoms with Gasteiger partial charge in [0.15, 0.2) is 0 Å². The second-order valence-electron chi connectivity index (χ2n) is 6.42. The van der Waals surface area contributed by atoms with E-state index in [0.717, 1.165) is 31.4 Å². The van der Waals surface area contributed by atoms with Crippen molar-refractivity contribution in [2.45, 2.75) is 77.6 Å². The van der Waals surface area contributed by atoms with E-state index in [9.17, 15) is 5.11 Å². The summed E-state index contributed by atoms with van der Waals surface area (Å²) in [6.45, 7) is 8.83. The van der Waals surface area contributed by atoms with E-state index in [1.54, 1.807) is 0 Å². The van der Waals surface area contributed by atoms with Gasteiger partial charge in [0.1, 0.15) is 0 Å². The minimum atomic E-state index is -1.55. The van der Waals surface area contributed by atoms with Crippen molar-refractivity contribution < 1.29 is 9.53 Å². The minimum absolute atomic E-state index is 0.209. The molecule has 0 spiro atoms. The van der Waals surface area contributed by atoms with Crippen LogP contribution in [0.5, 0.6) is 0 Å². The van der Waals surface area contributed by atoms with Gasteiger partial charge in [-0.25, -0.2) is 0 Å². The molecule has 106 valence electrons. The van der Waals surface area contributed by atoms with Crippen LogP contribution in [0, 0.1) is 5.92 Å². The molecule has 0 amide bonds. The molecule has 0 unspecified atom stereocenters. The smallest absolute Gasteiger partial charge is 0.241 e. The lowest BCUT2D eigenvalue weighted by Crippen LogP contribution is -2.32. The van der Waals surface area contributed by atoms with Crippen LogP contribution in [0.1, 0.15) is 51.9 Å². The molecular formula is C15H30O2Si. The first-order valence-electron chi connectivity index (χ1n) is 7.51. The number of unbranched alkanes of at least 4 members (excludes halogenated alkanes) is 2. The SMILES string of the molecule is CCCCC[C@@H](O)[C@H]1CCCC=C1O[Si](C)(C)C. The average molecular weight is 270 g/mol. The third-order valence-electron chi connectivity index (χ3n) is 3.42. The van der Waals surface area contributed by atoms with Gasteiger partial charge in [-0.1, -0.05) is 26.2 Å². The van der Waals surface area contributed by atoms with Crippen LogP contribution < -0.4 is 0 Å². The predicted octanol–water partition coefficient (Wildman–Crippen LogP) is 4.46. The van der Waals surface area contributed by atoms with Gasteiger partial charge in [0.2, 0.25) is 8.32 Å². The molecule has 0 saturated carbocycles. The highest BCUT2D eigenvalue weighted by molar-refractivity contribution is 6.70. The van der Waals surface area contributed by atoms with Gasteiger partial charge in [0, 0.05) is 5.92 Å². The van der Waals surface area contributed by atoms with E-state index in [-0.39, 0.29) is 12.0 Å². The van der Waals surface area contributed by atoms with Gasteiger partial charge in [-0.15, -0.1) is 0 Å². The van der Waals surface area contributed by atoms with Crippen LogP contribution >= 0.6 is 0 Å². The summed E-state index contributed by atoms with van der Waals surface area (Å²) in [6, 6.07) is 0. The summed E-state index contributed by atoms with van der Waals surface area (Å²) in [4.78, 5) is 0. The van der Waals surface area contributed by atoms with E-state index < -0.39 is 8.32 Å². The Balaban J connectivity index is 2.55. The standard InChI is InChI=1S/C15H30O2Si/c1-5-6-7-11-14(16)13-10-8-9-12-15(13)17-18(2,3)4/h12-14,16H,5-11H2,1-4H3/t13-,14-/m1/s1. The van der Waals surface area contributed by atoms with Gasteiger partial charge < -0.3 is 9.53 Å². The van der Waals surface area contributed by atoms with Gasteiger partial charge >= 0.3 is 0 Å². The molecule has 0 fully saturated rings. The van der Waals surface area contributed by atoms with Crippen LogP contribution in [-0.2, 0) is 4.43 Å². The van der Waals surface area contributed by atoms with Crippen LogP contribution in [0.15, 0.2) is 11.8 Å². The van der Waals surface area contributed by atoms with Crippen molar-refractivity contribution in [1.82, 2.24) is 0 Å². The lowest BCUT2D eigenvalue weighted by molar-refractivity contribution is 0.0835. The fourth-order valence-electron chi connectivity index (χ4n) is 2.53. The molecule has 0 saturated heterocycles. The molecule has 1 N–H and O–H groups in total. The number of hydrogen-bond donors (Lipinski definition) is 1. The summed E-state index contributed by atoms with van der Waals surface area (Å²) in [7, 11) is -1.55. The zero-order valence-corrected chi connectivity index (χ0v) is 13.5. The van der Waals surface area contributed by atoms with Crippen LogP contribution in [0.2, 0.25) is 19.6 Å². The van der Waals surface area contributed by atoms with Crippen LogP contribution in [0.4, 0.5) is 0 Å². The molecule has 2 nitrogen and oxygen atoms in total. The van der Waals surface area contributed by atoms with E-state index in [4.69, 9.17) is 4.43 Å². The molecule has 1 rings (SSSR count). The monoisotopic (exact) mass is 270 g/mol. The van der Waals surface area contributed by atoms with Crippen LogP contribution in [0.25, 0.3) is 0 Å². The number of aliphatic hydroxyl groups excluding tert-OH is 1. The lowest BCUT2D eigenvalue weighted by Gasteiger charge is -2.33. The van der Waals surface area contributed by atoms with Crippen molar-refractivity contribution in [3.63, 3.8) is 0 Å². The second kappa shape index (κ2) is 7.34. The summed E-state index contributed by atoms with van der Waals surface area (Å²) < 4.78 is 6.16. The van der Waals surface area contributed by atoms with Crippen molar-refractivity contribution >= 4 is 8.32 Å². The summed E-state index contributed by atoms with van der Waals surface area (Å²) in [6.07, 6.45) is 9.88. The summed E-state index contributed by atoms with van der Waals surface area (Å²) in [5.74, 6) is 1.34. The Morgan fingerprint density at radius 3 is 2.72 bits per heavy atom. The summed E-state index contributed by atoms with van der Waals surface area (Å²) in [5.41, 5.74) is 0. The molecule has 0 aromatic rings. The molecule has 1 aliphatic rings. The molecule has 0 heterocycles. The highest BCUT2D eigenvalue weighted by Gasteiger charge is 2.29. The van der Waals surface area contributed by atoms with E-state index in [0.29, 0.717) is 0 Å². The van der Waals surface area contributed by atoms with E-state index in [1.807, 2.05) is 0 Å². The molecule has 0 aromatic carbocycles. The largest absolute Gasteiger partial charge is 0.547 e. The third kappa shape index (κ3) is 5.57. The Bertz CT molecular complexity index is 268. The van der Waals surface area contributed by atoms with Crippen molar-refractivity contribution in [3.05, 3.63) is 11.8 Å². The van der Waals surface area contributed by atoms with E-state index in [1.165, 1.54) is 19.3 Å². The Morgan fingerprint density at radius 2 is 2.11 bits per heavy atom. The molecule has 2 atom stereocenters. The maximum atomic E-state index is 10.4. The summed E-state index contributed by atoms with van der Waals surface area (Å²) >= 11 is 0. The van der Waals surface area contributed by atoms with Crippen molar-refractivity contribution in [2.24, 2.45) is 5.92 Å². The van der Waals surface area contributed by atoms with Crippen molar-refractivity contribution in [1.29, 1.82) is 0 Å². The third-order valence-corrected chi connectivity index (χ3v) is 4.27. The molecule has 0 aromatic heterocycles. The van der Waals surface area contributed by atoms with Gasteiger partial charge in [-0.3, -0.25) is 0 Å². The van der Waals surface area contributed by atoms with Crippen molar-refractivity contribution in [3.8, 4) is 0 Å². The van der Waals surface area contributed by atoms with Crippen LogP contribution in [0.3, 0.4) is 0 Å². The minimum Gasteiger partial charge on any atom is -0.547 e. The van der Waals surface area contributed by atoms with E-state index in [2.05, 4.69) is 32.6 Å². The molecular weight excluding hydrogens is 240 g/mol. The molecule has 18 heavy (non-hydrogen) atoms. The normalized spacial score (nSPS) is 22.5. The highest BCUT2D eigenvalue weighted by Crippen LogP contribution is 2.32. The Morgan fingerprint density at radius 1 is 1.39 bits per heavy atom. The zero-order chi connectivity index (χ0) is 13.6. The highest BCUT2D eigenvalue weighted by atomic mass is 28.4. The first-order valence-corrected chi connectivity index (χ1v) is 10.9. The Hall–Kier alpha value is -0.283. The first-order chi connectivity index (χ1) is 8.44. The molecule has 3 heteroatoms. The fourth-order valence-corrected chi connectivity index (χ4v) is 3.48. The number of aliphatic hydroxyl groups is 1. The number of allylic oxidation sites excluding steroid dienone is 1. The molecule has 0 radical (unpaired) electrons. The lowest BCUT2D eigenvalue weighted by atomic mass is 9.87. The number of hydrogen-bond acceptors (Lipinski definition) is 2. The fraction of sp³-hybridized carbons (Fsp3) is 0.867. The molecule has 0 bridgehead atoms. The number of rotatable bonds is 7. The van der Waals surface area contributed by atoms with Crippen LogP contribution in [-0.4, -0.2) is 19.5 Å². The second-order valence-corrected chi connectivity index (χ2v) is 10.9.